The Kier molecular flexibility index (Phi) is 7.01. The molecule has 0 unspecified atom stereocenters. The van der Waals surface area contributed by atoms with Crippen molar-refractivity contribution in [1.29, 1.82) is 0 Å². The third-order valence-corrected chi connectivity index (χ3v) is 7.36. The van der Waals surface area contributed by atoms with Gasteiger partial charge in [0.15, 0.2) is 5.16 Å². The Balaban J connectivity index is 1.17. The van der Waals surface area contributed by atoms with Gasteiger partial charge in [0.2, 0.25) is 5.91 Å². The molecule has 1 fully saturated rings. The van der Waals surface area contributed by atoms with E-state index in [9.17, 15) is 4.79 Å². The second-order valence-corrected chi connectivity index (χ2v) is 9.59. The fraction of sp³-hybridized carbons (Fsp3) is 0.296. The number of methoxy groups -OCH3 is 1. The van der Waals surface area contributed by atoms with Gasteiger partial charge in [-0.05, 0) is 47.5 Å². The zero-order valence-electron chi connectivity index (χ0n) is 20.1. The Hall–Kier alpha value is -3.36. The van der Waals surface area contributed by atoms with Crippen molar-refractivity contribution in [3.63, 3.8) is 0 Å². The Bertz CT molecular complexity index is 1310. The molecule has 1 amide bonds. The van der Waals surface area contributed by atoms with Gasteiger partial charge in [-0.3, -0.25) is 14.3 Å². The average Bonchev–Trinajstić information content (AvgIpc) is 3.28. The number of thioether (sulfide) groups is 1. The molecule has 1 aromatic heterocycles. The van der Waals surface area contributed by atoms with E-state index in [1.54, 1.807) is 7.11 Å². The van der Waals surface area contributed by atoms with Crippen molar-refractivity contribution >= 4 is 28.4 Å². The SMILES string of the molecule is COc1ccc(-n2c(C)nnc2SCC(=O)N2CCN(Cc3cccc4ccccc34)CC2)cc1. The highest BCUT2D eigenvalue weighted by atomic mass is 32.2. The van der Waals surface area contributed by atoms with Crippen LogP contribution < -0.4 is 4.74 Å². The van der Waals surface area contributed by atoms with Crippen LogP contribution in [0.25, 0.3) is 16.5 Å². The second kappa shape index (κ2) is 10.5. The molecule has 0 aliphatic carbocycles. The largest absolute Gasteiger partial charge is 0.497 e. The van der Waals surface area contributed by atoms with E-state index in [2.05, 4.69) is 57.6 Å². The summed E-state index contributed by atoms with van der Waals surface area (Å²) in [5.41, 5.74) is 2.29. The Labute approximate surface area is 209 Å². The summed E-state index contributed by atoms with van der Waals surface area (Å²) >= 11 is 1.43. The number of hydrogen-bond donors (Lipinski definition) is 0. The highest BCUT2D eigenvalue weighted by Gasteiger charge is 2.22. The summed E-state index contributed by atoms with van der Waals surface area (Å²) in [6.45, 7) is 6.06. The van der Waals surface area contributed by atoms with Crippen molar-refractivity contribution in [3.05, 3.63) is 78.1 Å². The Morgan fingerprint density at radius 2 is 1.69 bits per heavy atom. The zero-order valence-corrected chi connectivity index (χ0v) is 20.9. The minimum atomic E-state index is 0.141. The molecule has 180 valence electrons. The average molecular weight is 488 g/mol. The monoisotopic (exact) mass is 487 g/mol. The molecule has 1 aliphatic heterocycles. The molecule has 2 heterocycles. The molecule has 35 heavy (non-hydrogen) atoms. The third-order valence-electron chi connectivity index (χ3n) is 6.45. The number of nitrogens with zero attached hydrogens (tertiary/aromatic N) is 5. The minimum absolute atomic E-state index is 0.141. The smallest absolute Gasteiger partial charge is 0.233 e. The first-order valence-corrected chi connectivity index (χ1v) is 12.8. The van der Waals surface area contributed by atoms with Gasteiger partial charge >= 0.3 is 0 Å². The van der Waals surface area contributed by atoms with E-state index in [1.807, 2.05) is 40.7 Å². The molecule has 5 rings (SSSR count). The molecule has 3 aromatic carbocycles. The van der Waals surface area contributed by atoms with Gasteiger partial charge in [0.1, 0.15) is 11.6 Å². The van der Waals surface area contributed by atoms with Crippen molar-refractivity contribution in [2.45, 2.75) is 18.6 Å². The first-order chi connectivity index (χ1) is 17.1. The van der Waals surface area contributed by atoms with E-state index < -0.39 is 0 Å². The van der Waals surface area contributed by atoms with E-state index in [4.69, 9.17) is 4.74 Å². The molecule has 1 saturated heterocycles. The topological polar surface area (TPSA) is 63.5 Å². The molecule has 0 atom stereocenters. The first-order valence-electron chi connectivity index (χ1n) is 11.8. The number of hydrogen-bond acceptors (Lipinski definition) is 6. The van der Waals surface area contributed by atoms with Gasteiger partial charge in [-0.15, -0.1) is 10.2 Å². The van der Waals surface area contributed by atoms with Crippen LogP contribution in [0.1, 0.15) is 11.4 Å². The van der Waals surface area contributed by atoms with E-state index in [-0.39, 0.29) is 5.91 Å². The lowest BCUT2D eigenvalue weighted by atomic mass is 10.0. The van der Waals surface area contributed by atoms with Crippen molar-refractivity contribution in [3.8, 4) is 11.4 Å². The van der Waals surface area contributed by atoms with Crippen molar-refractivity contribution < 1.29 is 9.53 Å². The fourth-order valence-corrected chi connectivity index (χ4v) is 5.41. The lowest BCUT2D eigenvalue weighted by Crippen LogP contribution is -2.48. The van der Waals surface area contributed by atoms with Gasteiger partial charge in [0.25, 0.3) is 0 Å². The highest BCUT2D eigenvalue weighted by Crippen LogP contribution is 2.24. The molecule has 0 saturated carbocycles. The van der Waals surface area contributed by atoms with Crippen molar-refractivity contribution in [2.24, 2.45) is 0 Å². The lowest BCUT2D eigenvalue weighted by Gasteiger charge is -2.35. The number of aryl methyl sites for hydroxylation is 1. The molecular weight excluding hydrogens is 458 g/mol. The van der Waals surface area contributed by atoms with Crippen LogP contribution in [0.15, 0.2) is 71.9 Å². The molecule has 1 aliphatic rings. The number of ether oxygens (including phenoxy) is 1. The maximum atomic E-state index is 13.0. The summed E-state index contributed by atoms with van der Waals surface area (Å²) in [6, 6.07) is 22.8. The van der Waals surface area contributed by atoms with Gasteiger partial charge in [0.05, 0.1) is 12.9 Å². The maximum absolute atomic E-state index is 13.0. The van der Waals surface area contributed by atoms with Crippen LogP contribution in [0.4, 0.5) is 0 Å². The van der Waals surface area contributed by atoms with Gasteiger partial charge in [0, 0.05) is 38.4 Å². The highest BCUT2D eigenvalue weighted by molar-refractivity contribution is 7.99. The Morgan fingerprint density at radius 1 is 0.943 bits per heavy atom. The number of benzene rings is 3. The van der Waals surface area contributed by atoms with E-state index in [0.29, 0.717) is 5.75 Å². The number of amides is 1. The van der Waals surface area contributed by atoms with Crippen LogP contribution in [0.5, 0.6) is 5.75 Å². The van der Waals surface area contributed by atoms with Crippen LogP contribution in [0, 0.1) is 6.92 Å². The summed E-state index contributed by atoms with van der Waals surface area (Å²) in [7, 11) is 1.65. The summed E-state index contributed by atoms with van der Waals surface area (Å²) in [5.74, 6) is 2.06. The summed E-state index contributed by atoms with van der Waals surface area (Å²) < 4.78 is 7.23. The van der Waals surface area contributed by atoms with E-state index in [0.717, 1.165) is 55.1 Å². The maximum Gasteiger partial charge on any atom is 0.233 e. The predicted octanol–water partition coefficient (Wildman–Crippen LogP) is 4.17. The van der Waals surface area contributed by atoms with Crippen molar-refractivity contribution in [2.75, 3.05) is 39.0 Å². The van der Waals surface area contributed by atoms with Gasteiger partial charge < -0.3 is 9.64 Å². The van der Waals surface area contributed by atoms with E-state index in [1.165, 1.54) is 28.1 Å². The molecule has 0 spiro atoms. The summed E-state index contributed by atoms with van der Waals surface area (Å²) in [5, 5.41) is 11.8. The fourth-order valence-electron chi connectivity index (χ4n) is 4.51. The number of rotatable bonds is 7. The molecule has 4 aromatic rings. The normalized spacial score (nSPS) is 14.4. The molecule has 7 nitrogen and oxygen atoms in total. The molecule has 0 N–H and O–H groups in total. The number of carbonyl (C=O) groups excluding carboxylic acids is 1. The first kappa shape index (κ1) is 23.4. The minimum Gasteiger partial charge on any atom is -0.497 e. The number of aromatic nitrogens is 3. The van der Waals surface area contributed by atoms with Gasteiger partial charge in [-0.1, -0.05) is 54.2 Å². The van der Waals surface area contributed by atoms with Crippen LogP contribution in [0.3, 0.4) is 0 Å². The molecule has 8 heteroatoms. The van der Waals surface area contributed by atoms with Gasteiger partial charge in [-0.2, -0.15) is 0 Å². The number of fused-ring (bicyclic) bond motifs is 1. The standard InChI is InChI=1S/C27H29N5O2S/c1-20-28-29-27(32(20)23-10-12-24(34-2)13-11-23)35-19-26(33)31-16-14-30(15-17-31)18-22-8-5-7-21-6-3-4-9-25(21)22/h3-13H,14-19H2,1-2H3. The van der Waals surface area contributed by atoms with Crippen LogP contribution in [0.2, 0.25) is 0 Å². The summed E-state index contributed by atoms with van der Waals surface area (Å²) in [4.78, 5) is 17.4. The lowest BCUT2D eigenvalue weighted by molar-refractivity contribution is -0.130. The second-order valence-electron chi connectivity index (χ2n) is 8.65. The Morgan fingerprint density at radius 3 is 2.46 bits per heavy atom. The van der Waals surface area contributed by atoms with Crippen LogP contribution >= 0.6 is 11.8 Å². The van der Waals surface area contributed by atoms with Crippen LogP contribution in [-0.2, 0) is 11.3 Å². The number of piperazine rings is 1. The quantitative estimate of drug-likeness (QED) is 0.365. The van der Waals surface area contributed by atoms with Crippen LogP contribution in [-0.4, -0.2) is 69.5 Å². The third kappa shape index (κ3) is 5.18. The summed E-state index contributed by atoms with van der Waals surface area (Å²) in [6.07, 6.45) is 0. The molecule has 0 radical (unpaired) electrons. The molecular formula is C27H29N5O2S. The van der Waals surface area contributed by atoms with Gasteiger partial charge in [-0.25, -0.2) is 0 Å². The predicted molar refractivity (Wildman–Crippen MR) is 139 cm³/mol. The zero-order chi connectivity index (χ0) is 24.2. The molecule has 0 bridgehead atoms. The van der Waals surface area contributed by atoms with E-state index >= 15 is 0 Å². The number of carbonyl (C=O) groups is 1. The van der Waals surface area contributed by atoms with Crippen molar-refractivity contribution in [1.82, 2.24) is 24.6 Å².